The van der Waals surface area contributed by atoms with Gasteiger partial charge >= 0.3 is 0 Å². The van der Waals surface area contributed by atoms with Gasteiger partial charge in [0.2, 0.25) is 11.8 Å². The Morgan fingerprint density at radius 2 is 1.91 bits per heavy atom. The molecule has 0 unspecified atom stereocenters. The van der Waals surface area contributed by atoms with Crippen molar-refractivity contribution in [2.75, 3.05) is 19.5 Å². The Morgan fingerprint density at radius 1 is 1.09 bits per heavy atom. The molecule has 1 N–H and O–H groups in total. The van der Waals surface area contributed by atoms with E-state index in [-0.39, 0.29) is 12.5 Å². The van der Waals surface area contributed by atoms with Gasteiger partial charge in [0.1, 0.15) is 23.7 Å². The van der Waals surface area contributed by atoms with E-state index in [0.29, 0.717) is 47.0 Å². The maximum absolute atomic E-state index is 13.0. The van der Waals surface area contributed by atoms with Crippen LogP contribution in [0.4, 0.5) is 5.69 Å². The number of anilines is 1. The van der Waals surface area contributed by atoms with Crippen molar-refractivity contribution >= 4 is 22.5 Å². The Labute approximate surface area is 186 Å². The molecule has 2 aromatic heterocycles. The number of ether oxygens (including phenoxy) is 2. The molecule has 0 aliphatic rings. The first-order chi connectivity index (χ1) is 15.5. The molecule has 4 aromatic rings. The zero-order valence-corrected chi connectivity index (χ0v) is 18.6. The van der Waals surface area contributed by atoms with Crippen LogP contribution in [0, 0.1) is 5.92 Å². The van der Waals surface area contributed by atoms with E-state index in [4.69, 9.17) is 13.9 Å². The van der Waals surface area contributed by atoms with Crippen LogP contribution in [0.5, 0.6) is 11.5 Å². The summed E-state index contributed by atoms with van der Waals surface area (Å²) < 4.78 is 18.4. The highest BCUT2D eigenvalue weighted by atomic mass is 16.5. The lowest BCUT2D eigenvalue weighted by Crippen LogP contribution is -2.19. The average Bonchev–Trinajstić information content (AvgIpc) is 3.38. The number of para-hydroxylation sites is 1. The van der Waals surface area contributed by atoms with Crippen LogP contribution in [0.2, 0.25) is 0 Å². The smallest absolute Gasteiger partial charge is 0.264 e. The van der Waals surface area contributed by atoms with Gasteiger partial charge in [-0.2, -0.15) is 0 Å². The Kier molecular flexibility index (Phi) is 6.11. The molecule has 0 spiro atoms. The quantitative estimate of drug-likeness (QED) is 0.438. The molecule has 0 atom stereocenters. The van der Waals surface area contributed by atoms with E-state index < -0.39 is 0 Å². The van der Waals surface area contributed by atoms with Gasteiger partial charge in [-0.05, 0) is 30.2 Å². The highest BCUT2D eigenvalue weighted by molar-refractivity contribution is 5.95. The minimum atomic E-state index is -0.221. The number of nitrogens with zero attached hydrogens (tertiary/aromatic N) is 3. The number of nitrogens with one attached hydrogen (secondary N) is 1. The third kappa shape index (κ3) is 4.44. The SMILES string of the molecule is COc1ccc(OC)c(NC(=O)Cn2c(-c3nnc(CC(C)C)o3)cc3ccccc32)c1. The minimum absolute atomic E-state index is 0.0606. The van der Waals surface area contributed by atoms with Gasteiger partial charge in [-0.15, -0.1) is 10.2 Å². The molecule has 0 bridgehead atoms. The summed E-state index contributed by atoms with van der Waals surface area (Å²) in [5.74, 6) is 2.32. The van der Waals surface area contributed by atoms with Crippen LogP contribution in [0.15, 0.2) is 52.9 Å². The van der Waals surface area contributed by atoms with Gasteiger partial charge in [0.05, 0.1) is 19.9 Å². The van der Waals surface area contributed by atoms with E-state index in [9.17, 15) is 4.79 Å². The number of hydrogen-bond donors (Lipinski definition) is 1. The fraction of sp³-hybridized carbons (Fsp3) is 0.292. The van der Waals surface area contributed by atoms with Gasteiger partial charge in [-0.1, -0.05) is 32.0 Å². The number of amides is 1. The molecule has 1 amide bonds. The largest absolute Gasteiger partial charge is 0.497 e. The van der Waals surface area contributed by atoms with Crippen LogP contribution in [0.3, 0.4) is 0 Å². The molecule has 2 aromatic carbocycles. The predicted molar refractivity (Wildman–Crippen MR) is 122 cm³/mol. The molecule has 0 aliphatic carbocycles. The summed E-state index contributed by atoms with van der Waals surface area (Å²) >= 11 is 0. The predicted octanol–water partition coefficient (Wildman–Crippen LogP) is 4.55. The van der Waals surface area contributed by atoms with Crippen molar-refractivity contribution in [1.29, 1.82) is 0 Å². The minimum Gasteiger partial charge on any atom is -0.497 e. The van der Waals surface area contributed by atoms with Crippen LogP contribution < -0.4 is 14.8 Å². The average molecular weight is 434 g/mol. The van der Waals surface area contributed by atoms with E-state index in [1.165, 1.54) is 0 Å². The highest BCUT2D eigenvalue weighted by Gasteiger charge is 2.19. The molecule has 32 heavy (non-hydrogen) atoms. The van der Waals surface area contributed by atoms with E-state index in [0.717, 1.165) is 10.9 Å². The van der Waals surface area contributed by atoms with Gasteiger partial charge in [-0.25, -0.2) is 0 Å². The second-order valence-corrected chi connectivity index (χ2v) is 7.89. The maximum Gasteiger partial charge on any atom is 0.264 e. The Bertz CT molecular complexity index is 1240. The Hall–Kier alpha value is -3.81. The summed E-state index contributed by atoms with van der Waals surface area (Å²) in [4.78, 5) is 13.0. The lowest BCUT2D eigenvalue weighted by Gasteiger charge is -2.13. The standard InChI is InChI=1S/C24H26N4O4/c1-15(2)11-23-26-27-24(32-23)20-12-16-7-5-6-8-19(16)28(20)14-22(29)25-18-13-17(30-3)9-10-21(18)31-4/h5-10,12-13,15H,11,14H2,1-4H3,(H,25,29). The molecule has 0 radical (unpaired) electrons. The fourth-order valence-electron chi connectivity index (χ4n) is 3.59. The monoisotopic (exact) mass is 434 g/mol. The van der Waals surface area contributed by atoms with Crippen LogP contribution in [-0.4, -0.2) is 34.9 Å². The van der Waals surface area contributed by atoms with Crippen LogP contribution in [0.25, 0.3) is 22.5 Å². The first-order valence-electron chi connectivity index (χ1n) is 10.4. The molecule has 8 nitrogen and oxygen atoms in total. The molecule has 4 rings (SSSR count). The number of methoxy groups -OCH3 is 2. The lowest BCUT2D eigenvalue weighted by atomic mass is 10.1. The van der Waals surface area contributed by atoms with E-state index in [1.807, 2.05) is 34.9 Å². The van der Waals surface area contributed by atoms with Crippen molar-refractivity contribution in [3.8, 4) is 23.1 Å². The number of carbonyl (C=O) groups excluding carboxylic acids is 1. The first kappa shape index (κ1) is 21.4. The van der Waals surface area contributed by atoms with E-state index in [2.05, 4.69) is 29.4 Å². The number of hydrogen-bond acceptors (Lipinski definition) is 6. The van der Waals surface area contributed by atoms with Crippen LogP contribution in [0.1, 0.15) is 19.7 Å². The third-order valence-electron chi connectivity index (χ3n) is 5.06. The lowest BCUT2D eigenvalue weighted by molar-refractivity contribution is -0.116. The first-order valence-corrected chi connectivity index (χ1v) is 10.4. The Morgan fingerprint density at radius 3 is 2.66 bits per heavy atom. The molecular formula is C24H26N4O4. The van der Waals surface area contributed by atoms with Gasteiger partial charge in [0.15, 0.2) is 0 Å². The second kappa shape index (κ2) is 9.13. The van der Waals surface area contributed by atoms with E-state index >= 15 is 0 Å². The summed E-state index contributed by atoms with van der Waals surface area (Å²) in [6.45, 7) is 4.25. The second-order valence-electron chi connectivity index (χ2n) is 7.89. The maximum atomic E-state index is 13.0. The molecule has 0 saturated heterocycles. The molecule has 8 heteroatoms. The van der Waals surface area contributed by atoms with Crippen molar-refractivity contribution < 1.29 is 18.7 Å². The molecule has 2 heterocycles. The normalized spacial score (nSPS) is 11.2. The van der Waals surface area contributed by atoms with Crippen molar-refractivity contribution in [2.24, 2.45) is 5.92 Å². The molecule has 0 fully saturated rings. The zero-order valence-electron chi connectivity index (χ0n) is 18.6. The number of aromatic nitrogens is 3. The number of carbonyl (C=O) groups is 1. The summed E-state index contributed by atoms with van der Waals surface area (Å²) in [7, 11) is 3.13. The van der Waals surface area contributed by atoms with E-state index in [1.54, 1.807) is 32.4 Å². The molecule has 0 aliphatic heterocycles. The molecular weight excluding hydrogens is 408 g/mol. The van der Waals surface area contributed by atoms with Crippen molar-refractivity contribution in [3.05, 3.63) is 54.4 Å². The van der Waals surface area contributed by atoms with Crippen molar-refractivity contribution in [2.45, 2.75) is 26.8 Å². The number of rotatable bonds is 8. The summed E-state index contributed by atoms with van der Waals surface area (Å²) in [6, 6.07) is 15.0. The highest BCUT2D eigenvalue weighted by Crippen LogP contribution is 2.30. The Balaban J connectivity index is 1.66. The van der Waals surface area contributed by atoms with Crippen molar-refractivity contribution in [3.63, 3.8) is 0 Å². The summed E-state index contributed by atoms with van der Waals surface area (Å²) in [5.41, 5.74) is 2.13. The third-order valence-corrected chi connectivity index (χ3v) is 5.06. The van der Waals surface area contributed by atoms with Gasteiger partial charge in [-0.3, -0.25) is 4.79 Å². The van der Waals surface area contributed by atoms with Gasteiger partial charge in [0.25, 0.3) is 5.89 Å². The van der Waals surface area contributed by atoms with Crippen LogP contribution >= 0.6 is 0 Å². The van der Waals surface area contributed by atoms with Gasteiger partial charge < -0.3 is 23.8 Å². The van der Waals surface area contributed by atoms with Gasteiger partial charge in [0, 0.05) is 23.4 Å². The van der Waals surface area contributed by atoms with Crippen molar-refractivity contribution in [1.82, 2.24) is 14.8 Å². The molecule has 166 valence electrons. The zero-order chi connectivity index (χ0) is 22.7. The molecule has 0 saturated carbocycles. The fourth-order valence-corrected chi connectivity index (χ4v) is 3.59. The number of benzene rings is 2. The summed E-state index contributed by atoms with van der Waals surface area (Å²) in [5, 5.41) is 12.3. The van der Waals surface area contributed by atoms with Crippen LogP contribution in [-0.2, 0) is 17.8 Å². The topological polar surface area (TPSA) is 91.4 Å². The summed E-state index contributed by atoms with van der Waals surface area (Å²) in [6.07, 6.45) is 0.698. The number of fused-ring (bicyclic) bond motifs is 1.